The minimum Gasteiger partial charge on any atom is -0.507 e. The van der Waals surface area contributed by atoms with Crippen LogP contribution in [0.3, 0.4) is 0 Å². The van der Waals surface area contributed by atoms with Crippen molar-refractivity contribution in [3.8, 4) is 5.75 Å². The molecule has 3 aromatic carbocycles. The monoisotopic (exact) mass is 340 g/mol. The van der Waals surface area contributed by atoms with Gasteiger partial charge in [-0.2, -0.15) is 0 Å². The van der Waals surface area contributed by atoms with Crippen LogP contribution in [-0.2, 0) is 0 Å². The highest BCUT2D eigenvalue weighted by Gasteiger charge is 2.20. The Labute approximate surface area is 130 Å². The van der Waals surface area contributed by atoms with Gasteiger partial charge in [0.15, 0.2) is 0 Å². The molecule has 0 aromatic heterocycles. The van der Waals surface area contributed by atoms with Crippen molar-refractivity contribution in [2.24, 2.45) is 0 Å². The fraction of sp³-hybridized carbons (Fsp3) is 0.0588. The van der Waals surface area contributed by atoms with Gasteiger partial charge in [0.25, 0.3) is 0 Å². The Morgan fingerprint density at radius 1 is 0.905 bits per heavy atom. The second-order valence-electron chi connectivity index (χ2n) is 5.14. The molecule has 0 fully saturated rings. The highest BCUT2D eigenvalue weighted by atomic mass is 79.9. The summed E-state index contributed by atoms with van der Waals surface area (Å²) in [5.74, 6) is 0.247. The summed E-state index contributed by atoms with van der Waals surface area (Å²) >= 11 is 3.37. The molecule has 3 N–H and O–H groups in total. The first-order chi connectivity index (χ1) is 10.2. The molecular formula is C17H13BrN2O. The summed E-state index contributed by atoms with van der Waals surface area (Å²) in [5, 5.41) is 19.1. The first-order valence-electron chi connectivity index (χ1n) is 6.75. The molecule has 21 heavy (non-hydrogen) atoms. The third-order valence-electron chi connectivity index (χ3n) is 3.81. The van der Waals surface area contributed by atoms with E-state index in [1.165, 1.54) is 10.8 Å². The number of nitrogens with one attached hydrogen (secondary N) is 2. The van der Waals surface area contributed by atoms with Gasteiger partial charge in [-0.3, -0.25) is 0 Å². The molecular weight excluding hydrogens is 328 g/mol. The molecule has 1 heterocycles. The van der Waals surface area contributed by atoms with Crippen molar-refractivity contribution < 1.29 is 5.11 Å². The van der Waals surface area contributed by atoms with E-state index in [2.05, 4.69) is 63.0 Å². The Morgan fingerprint density at radius 3 is 2.19 bits per heavy atom. The molecule has 0 atom stereocenters. The van der Waals surface area contributed by atoms with Gasteiger partial charge < -0.3 is 15.7 Å². The second-order valence-corrected chi connectivity index (χ2v) is 6.00. The van der Waals surface area contributed by atoms with Crippen molar-refractivity contribution in [2.45, 2.75) is 6.17 Å². The van der Waals surface area contributed by atoms with Crippen LogP contribution in [0.1, 0.15) is 11.7 Å². The predicted octanol–water partition coefficient (Wildman–Crippen LogP) is 4.84. The summed E-state index contributed by atoms with van der Waals surface area (Å²) < 4.78 is 0.695. The van der Waals surface area contributed by atoms with Crippen molar-refractivity contribution in [2.75, 3.05) is 10.6 Å². The number of aromatic hydroxyl groups is 1. The normalized spacial score (nSPS) is 13.8. The van der Waals surface area contributed by atoms with E-state index >= 15 is 0 Å². The number of hydrogen-bond acceptors (Lipinski definition) is 3. The van der Waals surface area contributed by atoms with Gasteiger partial charge in [0, 0.05) is 16.8 Å². The zero-order valence-corrected chi connectivity index (χ0v) is 12.7. The van der Waals surface area contributed by atoms with E-state index in [1.807, 2.05) is 12.1 Å². The smallest absolute Gasteiger partial charge is 0.129 e. The first kappa shape index (κ1) is 12.5. The molecule has 0 unspecified atom stereocenters. The molecule has 3 aromatic rings. The number of benzene rings is 3. The minimum atomic E-state index is -0.0256. The van der Waals surface area contributed by atoms with Gasteiger partial charge in [0.2, 0.25) is 0 Å². The molecule has 0 bridgehead atoms. The van der Waals surface area contributed by atoms with Gasteiger partial charge in [-0.05, 0) is 51.1 Å². The van der Waals surface area contributed by atoms with Crippen LogP contribution in [0.5, 0.6) is 5.75 Å². The Bertz CT molecular complexity index is 807. The zero-order valence-electron chi connectivity index (χ0n) is 11.1. The Balaban J connectivity index is 1.81. The quantitative estimate of drug-likeness (QED) is 0.593. The van der Waals surface area contributed by atoms with Crippen molar-refractivity contribution in [1.82, 2.24) is 0 Å². The molecule has 0 spiro atoms. The summed E-state index contributed by atoms with van der Waals surface area (Å²) in [6, 6.07) is 18.1. The van der Waals surface area contributed by atoms with Crippen molar-refractivity contribution >= 4 is 38.1 Å². The standard InChI is InChI=1S/C17H13BrN2O/c18-12-9-11(7-8-15(12)21)17-19-13-5-1-3-10-4-2-6-14(20-17)16(10)13/h1-9,17,19-21H. The van der Waals surface area contributed by atoms with Crippen molar-refractivity contribution in [1.29, 1.82) is 0 Å². The Morgan fingerprint density at radius 2 is 1.57 bits per heavy atom. The van der Waals surface area contributed by atoms with Gasteiger partial charge in [-0.15, -0.1) is 0 Å². The van der Waals surface area contributed by atoms with Crippen LogP contribution in [0.25, 0.3) is 10.8 Å². The minimum absolute atomic E-state index is 0.0256. The summed E-state index contributed by atoms with van der Waals surface area (Å²) in [4.78, 5) is 0. The number of hydrogen-bond donors (Lipinski definition) is 3. The molecule has 4 rings (SSSR count). The first-order valence-corrected chi connectivity index (χ1v) is 7.55. The number of halogens is 1. The zero-order chi connectivity index (χ0) is 14.4. The number of rotatable bonds is 1. The summed E-state index contributed by atoms with van der Waals surface area (Å²) in [6.07, 6.45) is -0.0256. The van der Waals surface area contributed by atoms with E-state index in [0.717, 1.165) is 16.9 Å². The van der Waals surface area contributed by atoms with Crippen LogP contribution in [0.4, 0.5) is 11.4 Å². The SMILES string of the molecule is Oc1ccc(C2Nc3cccc4cccc(c34)N2)cc1Br. The van der Waals surface area contributed by atoms with Gasteiger partial charge >= 0.3 is 0 Å². The molecule has 3 nitrogen and oxygen atoms in total. The maximum absolute atomic E-state index is 9.64. The second kappa shape index (κ2) is 4.67. The lowest BCUT2D eigenvalue weighted by Gasteiger charge is -2.30. The molecule has 0 saturated heterocycles. The van der Waals surface area contributed by atoms with Crippen molar-refractivity contribution in [3.05, 3.63) is 64.6 Å². The topological polar surface area (TPSA) is 44.3 Å². The maximum Gasteiger partial charge on any atom is 0.129 e. The van der Waals surface area contributed by atoms with E-state index in [4.69, 9.17) is 0 Å². The molecule has 0 saturated carbocycles. The van der Waals surface area contributed by atoms with Crippen LogP contribution in [-0.4, -0.2) is 5.11 Å². The lowest BCUT2D eigenvalue weighted by atomic mass is 10.0. The molecule has 0 radical (unpaired) electrons. The van der Waals surface area contributed by atoms with Gasteiger partial charge in [0.05, 0.1) is 4.47 Å². The molecule has 0 amide bonds. The summed E-state index contributed by atoms with van der Waals surface area (Å²) in [7, 11) is 0. The molecule has 0 aliphatic carbocycles. The number of anilines is 2. The summed E-state index contributed by atoms with van der Waals surface area (Å²) in [6.45, 7) is 0. The highest BCUT2D eigenvalue weighted by molar-refractivity contribution is 9.10. The van der Waals surface area contributed by atoms with Crippen LogP contribution in [0.15, 0.2) is 59.1 Å². The molecule has 1 aliphatic rings. The fourth-order valence-corrected chi connectivity index (χ4v) is 3.19. The van der Waals surface area contributed by atoms with Gasteiger partial charge in [-0.25, -0.2) is 0 Å². The van der Waals surface area contributed by atoms with Crippen LogP contribution < -0.4 is 10.6 Å². The lowest BCUT2D eigenvalue weighted by Crippen LogP contribution is -2.23. The highest BCUT2D eigenvalue weighted by Crippen LogP contribution is 2.39. The van der Waals surface area contributed by atoms with E-state index in [0.29, 0.717) is 4.47 Å². The van der Waals surface area contributed by atoms with Crippen molar-refractivity contribution in [3.63, 3.8) is 0 Å². The molecule has 1 aliphatic heterocycles. The molecule has 4 heteroatoms. The fourth-order valence-electron chi connectivity index (χ4n) is 2.80. The average molecular weight is 341 g/mol. The van der Waals surface area contributed by atoms with Gasteiger partial charge in [-0.1, -0.05) is 30.3 Å². The van der Waals surface area contributed by atoms with E-state index in [9.17, 15) is 5.11 Å². The number of phenols is 1. The van der Waals surface area contributed by atoms with E-state index in [1.54, 1.807) is 6.07 Å². The average Bonchev–Trinajstić information content (AvgIpc) is 2.50. The summed E-state index contributed by atoms with van der Waals surface area (Å²) in [5.41, 5.74) is 3.30. The third-order valence-corrected chi connectivity index (χ3v) is 4.44. The number of phenolic OH excluding ortho intramolecular Hbond substituents is 1. The molecule has 104 valence electrons. The predicted molar refractivity (Wildman–Crippen MR) is 89.7 cm³/mol. The van der Waals surface area contributed by atoms with Gasteiger partial charge in [0.1, 0.15) is 11.9 Å². The van der Waals surface area contributed by atoms with Crippen LogP contribution in [0, 0.1) is 0 Å². The van der Waals surface area contributed by atoms with E-state index < -0.39 is 0 Å². The lowest BCUT2D eigenvalue weighted by molar-refractivity contribution is 0.471. The Kier molecular flexibility index (Phi) is 2.79. The van der Waals surface area contributed by atoms with E-state index in [-0.39, 0.29) is 11.9 Å². The third kappa shape index (κ3) is 2.03. The Hall–Kier alpha value is -2.20. The largest absolute Gasteiger partial charge is 0.507 e. The maximum atomic E-state index is 9.64. The van der Waals surface area contributed by atoms with Crippen LogP contribution >= 0.6 is 15.9 Å². The van der Waals surface area contributed by atoms with Crippen LogP contribution in [0.2, 0.25) is 0 Å².